The van der Waals surface area contributed by atoms with Crippen molar-refractivity contribution in [3.8, 4) is 0 Å². The number of para-hydroxylation sites is 1. The Morgan fingerprint density at radius 2 is 1.83 bits per heavy atom. The van der Waals surface area contributed by atoms with Crippen LogP contribution in [0.25, 0.3) is 10.9 Å². The van der Waals surface area contributed by atoms with E-state index in [1.54, 1.807) is 0 Å². The predicted molar refractivity (Wildman–Crippen MR) is 116 cm³/mol. The molecule has 2 heterocycles. The molecule has 6 heteroatoms. The highest BCUT2D eigenvalue weighted by atomic mass is 16.5. The standard InChI is InChI=1S/C23H34N4O2/c28-22(24-12-6-13-26-14-9-20-7-2-3-8-21(20)26)25-19-23(10-4-1-5-11-23)27-15-17-29-18-16-27/h2-3,7-9,14H,1,4-6,10-13,15-19H2,(H2,24,25,28). The Kier molecular flexibility index (Phi) is 6.72. The van der Waals surface area contributed by atoms with Crippen molar-refractivity contribution in [3.05, 3.63) is 36.5 Å². The summed E-state index contributed by atoms with van der Waals surface area (Å²) in [6.07, 6.45) is 9.21. The minimum Gasteiger partial charge on any atom is -0.379 e. The van der Waals surface area contributed by atoms with E-state index in [0.29, 0.717) is 6.54 Å². The minimum atomic E-state index is -0.0411. The molecule has 1 aliphatic carbocycles. The lowest BCUT2D eigenvalue weighted by Gasteiger charge is -2.48. The molecule has 1 aromatic heterocycles. The van der Waals surface area contributed by atoms with Crippen molar-refractivity contribution in [2.24, 2.45) is 0 Å². The molecule has 2 amide bonds. The van der Waals surface area contributed by atoms with E-state index in [9.17, 15) is 4.79 Å². The first-order chi connectivity index (χ1) is 14.3. The Bertz CT molecular complexity index is 791. The lowest BCUT2D eigenvalue weighted by molar-refractivity contribution is -0.0357. The molecule has 0 atom stereocenters. The van der Waals surface area contributed by atoms with E-state index in [4.69, 9.17) is 4.74 Å². The fraction of sp³-hybridized carbons (Fsp3) is 0.609. The van der Waals surface area contributed by atoms with E-state index in [1.807, 2.05) is 0 Å². The summed E-state index contributed by atoms with van der Waals surface area (Å²) in [5.74, 6) is 0. The zero-order valence-corrected chi connectivity index (χ0v) is 17.4. The Morgan fingerprint density at radius 1 is 1.03 bits per heavy atom. The number of morpholine rings is 1. The number of carbonyl (C=O) groups excluding carboxylic acids is 1. The zero-order chi connectivity index (χ0) is 19.9. The van der Waals surface area contributed by atoms with Gasteiger partial charge in [0.25, 0.3) is 0 Å². The Hall–Kier alpha value is -2.05. The molecule has 0 bridgehead atoms. The van der Waals surface area contributed by atoms with Crippen LogP contribution in [-0.4, -0.2) is 60.4 Å². The third-order valence-electron chi connectivity index (χ3n) is 6.59. The Morgan fingerprint density at radius 3 is 2.66 bits per heavy atom. The maximum Gasteiger partial charge on any atom is 0.314 e. The van der Waals surface area contributed by atoms with Gasteiger partial charge in [0.1, 0.15) is 0 Å². The monoisotopic (exact) mass is 398 g/mol. The van der Waals surface area contributed by atoms with Gasteiger partial charge < -0.3 is 19.9 Å². The maximum absolute atomic E-state index is 12.4. The minimum absolute atomic E-state index is 0.0411. The normalized spacial score (nSPS) is 19.9. The molecule has 0 radical (unpaired) electrons. The summed E-state index contributed by atoms with van der Waals surface area (Å²) in [5, 5.41) is 7.48. The van der Waals surface area contributed by atoms with E-state index in [1.165, 1.54) is 43.0 Å². The lowest BCUT2D eigenvalue weighted by atomic mass is 9.80. The quantitative estimate of drug-likeness (QED) is 0.703. The van der Waals surface area contributed by atoms with Gasteiger partial charge in [-0.1, -0.05) is 37.5 Å². The van der Waals surface area contributed by atoms with Gasteiger partial charge in [-0.15, -0.1) is 0 Å². The average Bonchev–Trinajstić information content (AvgIpc) is 3.20. The molecule has 0 spiro atoms. The highest BCUT2D eigenvalue weighted by molar-refractivity contribution is 5.79. The number of aryl methyl sites for hydroxylation is 1. The highest BCUT2D eigenvalue weighted by Crippen LogP contribution is 2.33. The first-order valence-corrected chi connectivity index (χ1v) is 11.2. The topological polar surface area (TPSA) is 58.5 Å². The maximum atomic E-state index is 12.4. The second-order valence-electron chi connectivity index (χ2n) is 8.42. The second-order valence-corrected chi connectivity index (χ2v) is 8.42. The SMILES string of the molecule is O=C(NCCCn1ccc2ccccc21)NCC1(N2CCOCC2)CCCCC1. The molecule has 2 N–H and O–H groups in total. The number of hydrogen-bond donors (Lipinski definition) is 2. The summed E-state index contributed by atoms with van der Waals surface area (Å²) >= 11 is 0. The van der Waals surface area contributed by atoms with Crippen LogP contribution in [0.1, 0.15) is 38.5 Å². The molecular formula is C23H34N4O2. The van der Waals surface area contributed by atoms with E-state index in [0.717, 1.165) is 45.8 Å². The molecule has 6 nitrogen and oxygen atoms in total. The van der Waals surface area contributed by atoms with E-state index >= 15 is 0 Å². The Balaban J connectivity index is 1.22. The fourth-order valence-electron chi connectivity index (χ4n) is 4.95. The summed E-state index contributed by atoms with van der Waals surface area (Å²) in [6, 6.07) is 10.5. The molecule has 2 fully saturated rings. The molecule has 2 aliphatic rings. The number of amides is 2. The Labute approximate surface area is 173 Å². The van der Waals surface area contributed by atoms with Gasteiger partial charge in [-0.25, -0.2) is 4.79 Å². The molecule has 1 aliphatic heterocycles. The summed E-state index contributed by atoms with van der Waals surface area (Å²) in [6.45, 7) is 5.90. The molecule has 2 aromatic rings. The number of rotatable bonds is 7. The first kappa shape index (κ1) is 20.2. The number of carbonyl (C=O) groups is 1. The van der Waals surface area contributed by atoms with Crippen LogP contribution in [0, 0.1) is 0 Å². The number of aromatic nitrogens is 1. The predicted octanol–water partition coefficient (Wildman–Crippen LogP) is 3.37. The van der Waals surface area contributed by atoms with Gasteiger partial charge in [0, 0.05) is 50.0 Å². The van der Waals surface area contributed by atoms with Crippen molar-refractivity contribution in [3.63, 3.8) is 0 Å². The molecule has 158 valence electrons. The van der Waals surface area contributed by atoms with Gasteiger partial charge in [0.2, 0.25) is 0 Å². The fourth-order valence-corrected chi connectivity index (χ4v) is 4.95. The van der Waals surface area contributed by atoms with E-state index in [2.05, 4.69) is 56.6 Å². The molecule has 1 saturated heterocycles. The summed E-state index contributed by atoms with van der Waals surface area (Å²) in [5.41, 5.74) is 1.37. The van der Waals surface area contributed by atoms with Crippen LogP contribution in [0.3, 0.4) is 0 Å². The smallest absolute Gasteiger partial charge is 0.314 e. The molecule has 1 saturated carbocycles. The number of hydrogen-bond acceptors (Lipinski definition) is 3. The van der Waals surface area contributed by atoms with Crippen LogP contribution < -0.4 is 10.6 Å². The van der Waals surface area contributed by atoms with Crippen molar-refractivity contribution < 1.29 is 9.53 Å². The van der Waals surface area contributed by atoms with Gasteiger partial charge in [-0.2, -0.15) is 0 Å². The number of benzene rings is 1. The van der Waals surface area contributed by atoms with Crippen LogP contribution in [0.5, 0.6) is 0 Å². The number of urea groups is 1. The largest absolute Gasteiger partial charge is 0.379 e. The van der Waals surface area contributed by atoms with Gasteiger partial charge >= 0.3 is 6.03 Å². The second kappa shape index (κ2) is 9.63. The van der Waals surface area contributed by atoms with Crippen molar-refractivity contribution in [2.75, 3.05) is 39.4 Å². The first-order valence-electron chi connectivity index (χ1n) is 11.2. The number of fused-ring (bicyclic) bond motifs is 1. The van der Waals surface area contributed by atoms with Crippen LogP contribution in [0.2, 0.25) is 0 Å². The van der Waals surface area contributed by atoms with Crippen molar-refractivity contribution in [2.45, 2.75) is 50.6 Å². The summed E-state index contributed by atoms with van der Waals surface area (Å²) < 4.78 is 7.79. The zero-order valence-electron chi connectivity index (χ0n) is 17.4. The van der Waals surface area contributed by atoms with Crippen molar-refractivity contribution >= 4 is 16.9 Å². The average molecular weight is 399 g/mol. The lowest BCUT2D eigenvalue weighted by Crippen LogP contribution is -2.60. The van der Waals surface area contributed by atoms with E-state index in [-0.39, 0.29) is 11.6 Å². The molecule has 4 rings (SSSR count). The van der Waals surface area contributed by atoms with Gasteiger partial charge in [-0.05, 0) is 36.8 Å². The van der Waals surface area contributed by atoms with Gasteiger partial charge in [-0.3, -0.25) is 4.90 Å². The number of nitrogens with zero attached hydrogens (tertiary/aromatic N) is 2. The van der Waals surface area contributed by atoms with Crippen molar-refractivity contribution in [1.29, 1.82) is 0 Å². The third-order valence-corrected chi connectivity index (χ3v) is 6.59. The summed E-state index contributed by atoms with van der Waals surface area (Å²) in [7, 11) is 0. The van der Waals surface area contributed by atoms with Gasteiger partial charge in [0.15, 0.2) is 0 Å². The third kappa shape index (κ3) is 4.93. The van der Waals surface area contributed by atoms with Crippen LogP contribution in [0.15, 0.2) is 36.5 Å². The van der Waals surface area contributed by atoms with Crippen molar-refractivity contribution in [1.82, 2.24) is 20.1 Å². The van der Waals surface area contributed by atoms with Crippen LogP contribution in [0.4, 0.5) is 4.79 Å². The van der Waals surface area contributed by atoms with E-state index < -0.39 is 0 Å². The highest BCUT2D eigenvalue weighted by Gasteiger charge is 2.38. The van der Waals surface area contributed by atoms with Crippen LogP contribution in [-0.2, 0) is 11.3 Å². The molecule has 1 aromatic carbocycles. The molecule has 29 heavy (non-hydrogen) atoms. The molecular weight excluding hydrogens is 364 g/mol. The van der Waals surface area contributed by atoms with Crippen LogP contribution >= 0.6 is 0 Å². The number of ether oxygens (including phenoxy) is 1. The van der Waals surface area contributed by atoms with Gasteiger partial charge in [0.05, 0.1) is 13.2 Å². The number of nitrogens with one attached hydrogen (secondary N) is 2. The summed E-state index contributed by atoms with van der Waals surface area (Å²) in [4.78, 5) is 15.0. The molecule has 0 unspecified atom stereocenters.